The van der Waals surface area contributed by atoms with Crippen LogP contribution in [0.2, 0.25) is 0 Å². The van der Waals surface area contributed by atoms with Gasteiger partial charge in [0.15, 0.2) is 6.04 Å². The molecule has 0 aliphatic carbocycles. The summed E-state index contributed by atoms with van der Waals surface area (Å²) >= 11 is 0. The van der Waals surface area contributed by atoms with Gasteiger partial charge in [0.25, 0.3) is 0 Å². The average Bonchev–Trinajstić information content (AvgIpc) is 2.38. The van der Waals surface area contributed by atoms with Gasteiger partial charge in [0.2, 0.25) is 0 Å². The molecule has 0 bridgehead atoms. The summed E-state index contributed by atoms with van der Waals surface area (Å²) in [5.74, 6) is -1.28. The molecule has 0 saturated carbocycles. The van der Waals surface area contributed by atoms with E-state index in [4.69, 9.17) is 5.11 Å². The van der Waals surface area contributed by atoms with E-state index in [1.165, 1.54) is 6.92 Å². The number of hydrogen-bond donors (Lipinski definition) is 4. The summed E-state index contributed by atoms with van der Waals surface area (Å²) in [5.41, 5.74) is 1.62. The van der Waals surface area contributed by atoms with Gasteiger partial charge in [-0.25, -0.2) is 9.59 Å². The number of aliphatic hydroxyl groups is 1. The van der Waals surface area contributed by atoms with E-state index in [1.807, 2.05) is 19.1 Å². The minimum absolute atomic E-state index is 0.640. The van der Waals surface area contributed by atoms with E-state index in [-0.39, 0.29) is 0 Å². The normalized spacial score (nSPS) is 13.3. The van der Waals surface area contributed by atoms with Crippen molar-refractivity contribution in [2.75, 3.05) is 5.32 Å². The fourth-order valence-electron chi connectivity index (χ4n) is 1.82. The molecule has 0 spiro atoms. The van der Waals surface area contributed by atoms with Gasteiger partial charge in [0.05, 0.1) is 6.10 Å². The van der Waals surface area contributed by atoms with Crippen LogP contribution in [-0.4, -0.2) is 34.4 Å². The lowest BCUT2D eigenvalue weighted by Crippen LogP contribution is -2.49. The SMILES string of the molecule is CCCc1ccccc1NC(=O)N[C@H](C(=O)O)[C@@H](C)O. The summed E-state index contributed by atoms with van der Waals surface area (Å²) in [4.78, 5) is 22.7. The highest BCUT2D eigenvalue weighted by Gasteiger charge is 2.25. The standard InChI is InChI=1S/C14H20N2O4/c1-3-6-10-7-4-5-8-11(10)15-14(20)16-12(9(2)17)13(18)19/h4-5,7-9,12,17H,3,6H2,1-2H3,(H,18,19)(H2,15,16,20)/t9-,12+/m1/s1. The number of aryl methyl sites for hydroxylation is 1. The Balaban J connectivity index is 2.73. The molecule has 0 heterocycles. The highest BCUT2D eigenvalue weighted by atomic mass is 16.4. The highest BCUT2D eigenvalue weighted by Crippen LogP contribution is 2.16. The Morgan fingerprint density at radius 3 is 2.50 bits per heavy atom. The molecule has 1 aromatic rings. The van der Waals surface area contributed by atoms with E-state index in [9.17, 15) is 14.7 Å². The van der Waals surface area contributed by atoms with E-state index in [0.717, 1.165) is 18.4 Å². The quantitative estimate of drug-likeness (QED) is 0.636. The second-order valence-corrected chi connectivity index (χ2v) is 4.56. The smallest absolute Gasteiger partial charge is 0.328 e. The number of aliphatic hydroxyl groups excluding tert-OH is 1. The molecule has 0 aliphatic rings. The van der Waals surface area contributed by atoms with Crippen LogP contribution in [0.4, 0.5) is 10.5 Å². The number of anilines is 1. The maximum atomic E-state index is 11.8. The third kappa shape index (κ3) is 4.55. The van der Waals surface area contributed by atoms with Gasteiger partial charge in [-0.15, -0.1) is 0 Å². The fraction of sp³-hybridized carbons (Fsp3) is 0.429. The van der Waals surface area contributed by atoms with Gasteiger partial charge in [-0.2, -0.15) is 0 Å². The molecule has 2 amide bonds. The summed E-state index contributed by atoms with van der Waals surface area (Å²) in [6.07, 6.45) is 0.574. The van der Waals surface area contributed by atoms with Crippen LogP contribution < -0.4 is 10.6 Å². The lowest BCUT2D eigenvalue weighted by atomic mass is 10.1. The highest BCUT2D eigenvalue weighted by molar-refractivity contribution is 5.93. The maximum absolute atomic E-state index is 11.8. The Bertz CT molecular complexity index is 474. The van der Waals surface area contributed by atoms with Crippen LogP contribution in [0.25, 0.3) is 0 Å². The van der Waals surface area contributed by atoms with E-state index in [1.54, 1.807) is 12.1 Å². The van der Waals surface area contributed by atoms with Crippen LogP contribution in [-0.2, 0) is 11.2 Å². The van der Waals surface area contributed by atoms with E-state index >= 15 is 0 Å². The van der Waals surface area contributed by atoms with Crippen LogP contribution in [0, 0.1) is 0 Å². The number of rotatable bonds is 6. The van der Waals surface area contributed by atoms with Crippen LogP contribution in [0.3, 0.4) is 0 Å². The zero-order chi connectivity index (χ0) is 15.1. The second kappa shape index (κ2) is 7.49. The van der Waals surface area contributed by atoms with Gasteiger partial charge < -0.3 is 20.8 Å². The van der Waals surface area contributed by atoms with Crippen molar-refractivity contribution in [2.24, 2.45) is 0 Å². The molecular weight excluding hydrogens is 260 g/mol. The first-order valence-electron chi connectivity index (χ1n) is 6.52. The van der Waals surface area contributed by atoms with E-state index in [2.05, 4.69) is 10.6 Å². The second-order valence-electron chi connectivity index (χ2n) is 4.56. The summed E-state index contributed by atoms with van der Waals surface area (Å²) in [6, 6.07) is 5.34. The van der Waals surface area contributed by atoms with Gasteiger partial charge in [0.1, 0.15) is 0 Å². The lowest BCUT2D eigenvalue weighted by molar-refractivity contribution is -0.141. The molecule has 1 rings (SSSR count). The zero-order valence-corrected chi connectivity index (χ0v) is 11.6. The maximum Gasteiger partial charge on any atom is 0.328 e. The van der Waals surface area contributed by atoms with Gasteiger partial charge in [-0.05, 0) is 25.0 Å². The first-order valence-corrected chi connectivity index (χ1v) is 6.52. The van der Waals surface area contributed by atoms with Crippen LogP contribution in [0.1, 0.15) is 25.8 Å². The van der Waals surface area contributed by atoms with Crippen molar-refractivity contribution in [3.8, 4) is 0 Å². The number of hydrogen-bond acceptors (Lipinski definition) is 3. The van der Waals surface area contributed by atoms with Gasteiger partial charge >= 0.3 is 12.0 Å². The predicted octanol–water partition coefficient (Wildman–Crippen LogP) is 1.59. The third-order valence-electron chi connectivity index (χ3n) is 2.82. The first kappa shape index (κ1) is 16.0. The molecule has 0 aliphatic heterocycles. The van der Waals surface area contributed by atoms with Gasteiger partial charge in [-0.1, -0.05) is 31.5 Å². The van der Waals surface area contributed by atoms with Crippen LogP contribution >= 0.6 is 0 Å². The molecular formula is C14H20N2O4. The molecule has 4 N–H and O–H groups in total. The molecule has 110 valence electrons. The molecule has 20 heavy (non-hydrogen) atoms. The monoisotopic (exact) mass is 280 g/mol. The fourth-order valence-corrected chi connectivity index (χ4v) is 1.82. The van der Waals surface area contributed by atoms with Gasteiger partial charge in [-0.3, -0.25) is 0 Å². The molecule has 0 unspecified atom stereocenters. The lowest BCUT2D eigenvalue weighted by Gasteiger charge is -2.18. The molecule has 6 nitrogen and oxygen atoms in total. The van der Waals surface area contributed by atoms with Crippen molar-refractivity contribution in [3.63, 3.8) is 0 Å². The molecule has 1 aromatic carbocycles. The van der Waals surface area contributed by atoms with E-state index in [0.29, 0.717) is 5.69 Å². The summed E-state index contributed by atoms with van der Waals surface area (Å²) in [6.45, 7) is 3.34. The van der Waals surface area contributed by atoms with Crippen molar-refractivity contribution in [2.45, 2.75) is 38.8 Å². The number of carboxylic acids is 1. The molecule has 6 heteroatoms. The molecule has 0 radical (unpaired) electrons. The predicted molar refractivity (Wildman–Crippen MR) is 75.7 cm³/mol. The van der Waals surface area contributed by atoms with Crippen LogP contribution in [0.5, 0.6) is 0 Å². The molecule has 2 atom stereocenters. The Kier molecular flexibility index (Phi) is 5.99. The largest absolute Gasteiger partial charge is 0.480 e. The number of carbonyl (C=O) groups excluding carboxylic acids is 1. The summed E-state index contributed by atoms with van der Waals surface area (Å²) < 4.78 is 0. The third-order valence-corrected chi connectivity index (χ3v) is 2.82. The first-order chi connectivity index (χ1) is 9.45. The van der Waals surface area contributed by atoms with Gasteiger partial charge in [0, 0.05) is 5.69 Å². The number of urea groups is 1. The van der Waals surface area contributed by atoms with Crippen molar-refractivity contribution in [3.05, 3.63) is 29.8 Å². The Morgan fingerprint density at radius 2 is 1.95 bits per heavy atom. The number of nitrogens with one attached hydrogen (secondary N) is 2. The zero-order valence-electron chi connectivity index (χ0n) is 11.6. The number of para-hydroxylation sites is 1. The number of carboxylic acid groups (broad SMARTS) is 1. The summed E-state index contributed by atoms with van der Waals surface area (Å²) in [5, 5.41) is 23.1. The Hall–Kier alpha value is -2.08. The van der Waals surface area contributed by atoms with Crippen molar-refractivity contribution in [1.82, 2.24) is 5.32 Å². The minimum Gasteiger partial charge on any atom is -0.480 e. The molecule has 0 fully saturated rings. The Morgan fingerprint density at radius 1 is 1.30 bits per heavy atom. The number of aliphatic carboxylic acids is 1. The molecule has 0 saturated heterocycles. The topological polar surface area (TPSA) is 98.7 Å². The minimum atomic E-state index is -1.34. The average molecular weight is 280 g/mol. The van der Waals surface area contributed by atoms with Crippen LogP contribution in [0.15, 0.2) is 24.3 Å². The summed E-state index contributed by atoms with van der Waals surface area (Å²) in [7, 11) is 0. The van der Waals surface area contributed by atoms with E-state index < -0.39 is 24.1 Å². The number of carbonyl (C=O) groups is 2. The molecule has 0 aromatic heterocycles. The number of amides is 2. The Labute approximate surface area is 117 Å². The van der Waals surface area contributed by atoms with Crippen molar-refractivity contribution < 1.29 is 19.8 Å². The van der Waals surface area contributed by atoms with Crippen molar-refractivity contribution in [1.29, 1.82) is 0 Å². The number of benzene rings is 1. The van der Waals surface area contributed by atoms with Crippen molar-refractivity contribution >= 4 is 17.7 Å².